The number of amides is 2. The highest BCUT2D eigenvalue weighted by Gasteiger charge is 2.28. The second kappa shape index (κ2) is 7.19. The summed E-state index contributed by atoms with van der Waals surface area (Å²) in [5, 5.41) is 3.46. The minimum Gasteiger partial charge on any atom is -0.348 e. The fourth-order valence-corrected chi connectivity index (χ4v) is 3.56. The molecule has 9 heteroatoms. The number of aromatic nitrogens is 2. The molecule has 1 aliphatic heterocycles. The van der Waals surface area contributed by atoms with Gasteiger partial charge in [0.15, 0.2) is 0 Å². The molecule has 2 aromatic rings. The third kappa shape index (κ3) is 3.58. The number of halogens is 2. The van der Waals surface area contributed by atoms with Crippen molar-refractivity contribution in [3.05, 3.63) is 50.7 Å². The molecular formula is C16H16Cl2N4O2S. The Morgan fingerprint density at radius 2 is 2.16 bits per heavy atom. The lowest BCUT2D eigenvalue weighted by Gasteiger charge is -2.24. The number of carbonyl (C=O) groups is 2. The third-order valence-electron chi connectivity index (χ3n) is 3.99. The van der Waals surface area contributed by atoms with Crippen LogP contribution in [0.15, 0.2) is 24.3 Å². The van der Waals surface area contributed by atoms with Crippen LogP contribution in [0, 0.1) is 6.92 Å². The summed E-state index contributed by atoms with van der Waals surface area (Å²) < 4.78 is 5.68. The molecule has 0 bridgehead atoms. The van der Waals surface area contributed by atoms with Crippen molar-refractivity contribution in [2.45, 2.75) is 13.0 Å². The van der Waals surface area contributed by atoms with Crippen molar-refractivity contribution in [1.82, 2.24) is 19.2 Å². The van der Waals surface area contributed by atoms with E-state index in [1.807, 2.05) is 19.1 Å². The van der Waals surface area contributed by atoms with Crippen LogP contribution in [0.4, 0.5) is 0 Å². The SMILES string of the molecule is Cc1cc(C(=O)N2CC=CC2CNC(=O)c2cc(Cl)c(Cl)n2C)ns1. The van der Waals surface area contributed by atoms with Gasteiger partial charge in [0.2, 0.25) is 0 Å². The maximum Gasteiger partial charge on any atom is 0.274 e. The molecule has 0 aliphatic carbocycles. The molecule has 0 radical (unpaired) electrons. The van der Waals surface area contributed by atoms with Gasteiger partial charge in [-0.1, -0.05) is 35.4 Å². The summed E-state index contributed by atoms with van der Waals surface area (Å²) in [5.74, 6) is -0.438. The number of hydrogen-bond donors (Lipinski definition) is 1. The van der Waals surface area contributed by atoms with Crippen LogP contribution in [0.1, 0.15) is 25.9 Å². The largest absolute Gasteiger partial charge is 0.348 e. The Kier molecular flexibility index (Phi) is 5.17. The van der Waals surface area contributed by atoms with Gasteiger partial charge in [-0.2, -0.15) is 4.37 Å². The van der Waals surface area contributed by atoms with Crippen LogP contribution < -0.4 is 5.32 Å². The molecule has 0 fully saturated rings. The van der Waals surface area contributed by atoms with Crippen molar-refractivity contribution in [3.63, 3.8) is 0 Å². The van der Waals surface area contributed by atoms with Crippen molar-refractivity contribution in [2.24, 2.45) is 7.05 Å². The molecule has 0 saturated heterocycles. The highest BCUT2D eigenvalue weighted by molar-refractivity contribution is 7.05. The molecule has 2 amide bonds. The van der Waals surface area contributed by atoms with E-state index in [0.717, 1.165) is 4.88 Å². The van der Waals surface area contributed by atoms with E-state index in [-0.39, 0.29) is 17.9 Å². The van der Waals surface area contributed by atoms with Gasteiger partial charge in [-0.15, -0.1) is 0 Å². The summed E-state index contributed by atoms with van der Waals surface area (Å²) in [4.78, 5) is 27.6. The van der Waals surface area contributed by atoms with Crippen LogP contribution in [-0.4, -0.2) is 44.8 Å². The van der Waals surface area contributed by atoms with E-state index in [1.54, 1.807) is 18.0 Å². The number of nitrogens with one attached hydrogen (secondary N) is 1. The second-order valence-electron chi connectivity index (χ2n) is 5.71. The van der Waals surface area contributed by atoms with Crippen LogP contribution in [0.5, 0.6) is 0 Å². The van der Waals surface area contributed by atoms with Gasteiger partial charge in [0.05, 0.1) is 11.1 Å². The molecule has 1 aliphatic rings. The van der Waals surface area contributed by atoms with Crippen molar-refractivity contribution in [1.29, 1.82) is 0 Å². The van der Waals surface area contributed by atoms with Crippen LogP contribution in [0.3, 0.4) is 0 Å². The van der Waals surface area contributed by atoms with Crippen LogP contribution in [0.2, 0.25) is 10.2 Å². The lowest BCUT2D eigenvalue weighted by molar-refractivity contribution is 0.0734. The van der Waals surface area contributed by atoms with Crippen LogP contribution in [-0.2, 0) is 7.05 Å². The predicted molar refractivity (Wildman–Crippen MR) is 98.6 cm³/mol. The van der Waals surface area contributed by atoms with E-state index < -0.39 is 0 Å². The molecule has 2 aromatic heterocycles. The normalized spacial score (nSPS) is 16.5. The lowest BCUT2D eigenvalue weighted by Crippen LogP contribution is -2.43. The number of rotatable bonds is 4. The molecule has 0 aromatic carbocycles. The quantitative estimate of drug-likeness (QED) is 0.804. The Labute approximate surface area is 159 Å². The predicted octanol–water partition coefficient (Wildman–Crippen LogP) is 2.91. The van der Waals surface area contributed by atoms with E-state index in [9.17, 15) is 9.59 Å². The van der Waals surface area contributed by atoms with E-state index in [1.165, 1.54) is 22.2 Å². The summed E-state index contributed by atoms with van der Waals surface area (Å²) in [7, 11) is 1.67. The molecule has 1 unspecified atom stereocenters. The highest BCUT2D eigenvalue weighted by Crippen LogP contribution is 2.25. The van der Waals surface area contributed by atoms with Crippen molar-refractivity contribution >= 4 is 46.5 Å². The smallest absolute Gasteiger partial charge is 0.274 e. The first kappa shape index (κ1) is 18.0. The molecule has 25 heavy (non-hydrogen) atoms. The zero-order valence-corrected chi connectivity index (χ0v) is 16.0. The van der Waals surface area contributed by atoms with Gasteiger partial charge in [-0.3, -0.25) is 9.59 Å². The Morgan fingerprint density at radius 3 is 2.76 bits per heavy atom. The minimum atomic E-state index is -0.298. The first-order valence-corrected chi connectivity index (χ1v) is 9.11. The molecular weight excluding hydrogens is 383 g/mol. The van der Waals surface area contributed by atoms with Gasteiger partial charge >= 0.3 is 0 Å². The maximum atomic E-state index is 12.6. The minimum absolute atomic E-state index is 0.140. The fraction of sp³-hybridized carbons (Fsp3) is 0.312. The number of carbonyl (C=O) groups excluding carboxylic acids is 2. The van der Waals surface area contributed by atoms with E-state index >= 15 is 0 Å². The average Bonchev–Trinajstić information content (AvgIpc) is 3.29. The number of hydrogen-bond acceptors (Lipinski definition) is 4. The standard InChI is InChI=1S/C16H16Cl2N4O2S/c1-9-6-12(20-25-9)16(24)22-5-3-4-10(22)8-19-15(23)13-7-11(17)14(18)21(13)2/h3-4,6-7,10H,5,8H2,1-2H3,(H,19,23). The summed E-state index contributed by atoms with van der Waals surface area (Å²) in [6, 6.07) is 3.07. The monoisotopic (exact) mass is 398 g/mol. The van der Waals surface area contributed by atoms with Crippen molar-refractivity contribution in [3.8, 4) is 0 Å². The lowest BCUT2D eigenvalue weighted by atomic mass is 10.2. The summed E-state index contributed by atoms with van der Waals surface area (Å²) >= 11 is 13.2. The molecule has 1 N–H and O–H groups in total. The van der Waals surface area contributed by atoms with Crippen LogP contribution in [0.25, 0.3) is 0 Å². The van der Waals surface area contributed by atoms with Gasteiger partial charge in [0.25, 0.3) is 11.8 Å². The third-order valence-corrected chi connectivity index (χ3v) is 5.53. The fourth-order valence-electron chi connectivity index (χ4n) is 2.64. The van der Waals surface area contributed by atoms with Gasteiger partial charge in [-0.25, -0.2) is 0 Å². The molecule has 3 rings (SSSR count). The Bertz CT molecular complexity index is 858. The maximum absolute atomic E-state index is 12.6. The van der Waals surface area contributed by atoms with Gasteiger partial charge < -0.3 is 14.8 Å². The van der Waals surface area contributed by atoms with Gasteiger partial charge in [-0.05, 0) is 30.6 Å². The molecule has 3 heterocycles. The summed E-state index contributed by atoms with van der Waals surface area (Å²) in [5.41, 5.74) is 0.800. The van der Waals surface area contributed by atoms with Crippen molar-refractivity contribution < 1.29 is 9.59 Å². The number of aryl methyl sites for hydroxylation is 1. The summed E-state index contributed by atoms with van der Waals surface area (Å²) in [6.07, 6.45) is 3.81. The Morgan fingerprint density at radius 1 is 1.40 bits per heavy atom. The van der Waals surface area contributed by atoms with E-state index in [4.69, 9.17) is 23.2 Å². The summed E-state index contributed by atoms with van der Waals surface area (Å²) in [6.45, 7) is 2.70. The Hall–Kier alpha value is -1.83. The molecule has 0 saturated carbocycles. The first-order chi connectivity index (χ1) is 11.9. The van der Waals surface area contributed by atoms with Crippen molar-refractivity contribution in [2.75, 3.05) is 13.1 Å². The van der Waals surface area contributed by atoms with E-state index in [2.05, 4.69) is 9.69 Å². The molecule has 132 valence electrons. The van der Waals surface area contributed by atoms with Gasteiger partial charge in [0, 0.05) is 25.0 Å². The Balaban J connectivity index is 1.65. The van der Waals surface area contributed by atoms with Gasteiger partial charge in [0.1, 0.15) is 16.5 Å². The zero-order chi connectivity index (χ0) is 18.1. The highest BCUT2D eigenvalue weighted by atomic mass is 35.5. The number of nitrogens with zero attached hydrogens (tertiary/aromatic N) is 3. The topological polar surface area (TPSA) is 67.2 Å². The average molecular weight is 399 g/mol. The first-order valence-electron chi connectivity index (χ1n) is 7.58. The molecule has 6 nitrogen and oxygen atoms in total. The van der Waals surface area contributed by atoms with E-state index in [0.29, 0.717) is 34.7 Å². The molecule has 0 spiro atoms. The molecule has 1 atom stereocenters. The van der Waals surface area contributed by atoms with Crippen LogP contribution >= 0.6 is 34.7 Å². The zero-order valence-electron chi connectivity index (χ0n) is 13.6. The second-order valence-corrected chi connectivity index (χ2v) is 7.49.